The number of rotatable bonds is 1. The van der Waals surface area contributed by atoms with Crippen molar-refractivity contribution in [3.8, 4) is 6.07 Å². The predicted octanol–water partition coefficient (Wildman–Crippen LogP) is 2.39. The summed E-state index contributed by atoms with van der Waals surface area (Å²) in [5.41, 5.74) is 0.532. The van der Waals surface area contributed by atoms with Crippen molar-refractivity contribution in [2.75, 3.05) is 0 Å². The summed E-state index contributed by atoms with van der Waals surface area (Å²) in [6.45, 7) is 5.63. The molecule has 0 aromatic carbocycles. The highest BCUT2D eigenvalue weighted by molar-refractivity contribution is 5.28. The van der Waals surface area contributed by atoms with Crippen molar-refractivity contribution in [3.63, 3.8) is 0 Å². The predicted molar refractivity (Wildman–Crippen MR) is 42.1 cm³/mol. The van der Waals surface area contributed by atoms with Gasteiger partial charge in [-0.1, -0.05) is 0 Å². The third kappa shape index (κ3) is 1.27. The topological polar surface area (TPSA) is 36.9 Å². The summed E-state index contributed by atoms with van der Waals surface area (Å²) < 4.78 is 5.20. The summed E-state index contributed by atoms with van der Waals surface area (Å²) in [5.74, 6) is 0.764. The molecule has 0 N–H and O–H groups in total. The van der Waals surface area contributed by atoms with Crippen LogP contribution in [0.25, 0.3) is 0 Å². The first-order valence-corrected chi connectivity index (χ1v) is 3.54. The molecule has 0 atom stereocenters. The molecule has 0 aliphatic rings. The number of aryl methyl sites for hydroxylation is 1. The van der Waals surface area contributed by atoms with E-state index in [1.807, 2.05) is 26.8 Å². The van der Waals surface area contributed by atoms with E-state index in [0.29, 0.717) is 0 Å². The first-order chi connectivity index (χ1) is 5.08. The molecule has 1 heterocycles. The second kappa shape index (κ2) is 2.43. The number of nitrogens with zero attached hydrogens (tertiary/aromatic N) is 1. The van der Waals surface area contributed by atoms with Crippen molar-refractivity contribution in [2.45, 2.75) is 26.2 Å². The third-order valence-corrected chi connectivity index (χ3v) is 1.71. The summed E-state index contributed by atoms with van der Waals surface area (Å²) in [6, 6.07) is 4.06. The molecule has 1 rings (SSSR count). The van der Waals surface area contributed by atoms with Crippen LogP contribution in [-0.2, 0) is 5.41 Å². The van der Waals surface area contributed by atoms with Crippen LogP contribution < -0.4 is 0 Å². The first kappa shape index (κ1) is 7.87. The van der Waals surface area contributed by atoms with Gasteiger partial charge in [-0.3, -0.25) is 0 Å². The fourth-order valence-electron chi connectivity index (χ4n) is 1.06. The van der Waals surface area contributed by atoms with Gasteiger partial charge in [-0.2, -0.15) is 5.26 Å². The standard InChI is InChI=1S/C9H11NO/c1-7-4-5-11-8(7)9(2,3)6-10/h4-5H,1-3H3. The van der Waals surface area contributed by atoms with E-state index in [0.717, 1.165) is 11.3 Å². The lowest BCUT2D eigenvalue weighted by Crippen LogP contribution is -2.13. The highest BCUT2D eigenvalue weighted by Gasteiger charge is 2.24. The molecule has 0 amide bonds. The van der Waals surface area contributed by atoms with E-state index in [1.54, 1.807) is 6.26 Å². The number of nitriles is 1. The molecule has 0 bridgehead atoms. The molecule has 0 unspecified atom stereocenters. The van der Waals surface area contributed by atoms with Gasteiger partial charge >= 0.3 is 0 Å². The van der Waals surface area contributed by atoms with E-state index in [1.165, 1.54) is 0 Å². The Labute approximate surface area is 66.4 Å². The highest BCUT2D eigenvalue weighted by Crippen LogP contribution is 2.25. The normalized spacial score (nSPS) is 11.1. The Morgan fingerprint density at radius 1 is 1.55 bits per heavy atom. The smallest absolute Gasteiger partial charge is 0.126 e. The second-order valence-electron chi connectivity index (χ2n) is 3.17. The van der Waals surface area contributed by atoms with Crippen LogP contribution in [0.4, 0.5) is 0 Å². The molecule has 0 saturated heterocycles. The summed E-state index contributed by atoms with van der Waals surface area (Å²) >= 11 is 0. The molecular formula is C9H11NO. The minimum absolute atomic E-state index is 0.506. The monoisotopic (exact) mass is 149 g/mol. The minimum atomic E-state index is -0.506. The van der Waals surface area contributed by atoms with E-state index < -0.39 is 5.41 Å². The lowest BCUT2D eigenvalue weighted by Gasteiger charge is -2.12. The fourth-order valence-corrected chi connectivity index (χ4v) is 1.06. The van der Waals surface area contributed by atoms with E-state index in [2.05, 4.69) is 6.07 Å². The summed E-state index contributed by atoms with van der Waals surface area (Å²) in [7, 11) is 0. The van der Waals surface area contributed by atoms with Gasteiger partial charge in [-0.15, -0.1) is 0 Å². The third-order valence-electron chi connectivity index (χ3n) is 1.71. The maximum Gasteiger partial charge on any atom is 0.126 e. The fraction of sp³-hybridized carbons (Fsp3) is 0.444. The lowest BCUT2D eigenvalue weighted by atomic mass is 9.90. The maximum atomic E-state index is 8.78. The Hall–Kier alpha value is -1.23. The van der Waals surface area contributed by atoms with E-state index in [4.69, 9.17) is 9.68 Å². The highest BCUT2D eigenvalue weighted by atomic mass is 16.3. The van der Waals surface area contributed by atoms with Gasteiger partial charge in [0, 0.05) is 0 Å². The van der Waals surface area contributed by atoms with Crippen LogP contribution in [0.1, 0.15) is 25.2 Å². The zero-order chi connectivity index (χ0) is 8.48. The molecule has 0 aliphatic heterocycles. The van der Waals surface area contributed by atoms with Crippen molar-refractivity contribution in [3.05, 3.63) is 23.7 Å². The molecular weight excluding hydrogens is 138 g/mol. The van der Waals surface area contributed by atoms with Gasteiger partial charge in [-0.05, 0) is 32.4 Å². The molecule has 0 saturated carbocycles. The molecule has 2 nitrogen and oxygen atoms in total. The largest absolute Gasteiger partial charge is 0.467 e. The number of furan rings is 1. The molecule has 58 valence electrons. The summed E-state index contributed by atoms with van der Waals surface area (Å²) in [6.07, 6.45) is 1.61. The zero-order valence-electron chi connectivity index (χ0n) is 7.01. The first-order valence-electron chi connectivity index (χ1n) is 3.54. The van der Waals surface area contributed by atoms with Gasteiger partial charge in [-0.25, -0.2) is 0 Å². The van der Waals surface area contributed by atoms with Gasteiger partial charge in [0.2, 0.25) is 0 Å². The number of hydrogen-bond acceptors (Lipinski definition) is 2. The Bertz CT molecular complexity index is 291. The van der Waals surface area contributed by atoms with Crippen LogP contribution in [0, 0.1) is 18.3 Å². The molecule has 0 fully saturated rings. The van der Waals surface area contributed by atoms with E-state index >= 15 is 0 Å². The lowest BCUT2D eigenvalue weighted by molar-refractivity contribution is 0.441. The molecule has 0 spiro atoms. The second-order valence-corrected chi connectivity index (χ2v) is 3.17. The maximum absolute atomic E-state index is 8.78. The molecule has 0 radical (unpaired) electrons. The van der Waals surface area contributed by atoms with Crippen molar-refractivity contribution < 1.29 is 4.42 Å². The van der Waals surface area contributed by atoms with Gasteiger partial charge < -0.3 is 4.42 Å². The number of hydrogen-bond donors (Lipinski definition) is 0. The Kier molecular flexibility index (Phi) is 1.74. The van der Waals surface area contributed by atoms with Crippen LogP contribution in [0.15, 0.2) is 16.7 Å². The summed E-state index contributed by atoms with van der Waals surface area (Å²) in [4.78, 5) is 0. The van der Waals surface area contributed by atoms with Gasteiger partial charge in [0.1, 0.15) is 11.2 Å². The molecule has 11 heavy (non-hydrogen) atoms. The Morgan fingerprint density at radius 2 is 2.18 bits per heavy atom. The van der Waals surface area contributed by atoms with Crippen LogP contribution in [-0.4, -0.2) is 0 Å². The SMILES string of the molecule is Cc1ccoc1C(C)(C)C#N. The van der Waals surface area contributed by atoms with E-state index in [-0.39, 0.29) is 0 Å². The van der Waals surface area contributed by atoms with Crippen molar-refractivity contribution in [1.82, 2.24) is 0 Å². The van der Waals surface area contributed by atoms with Gasteiger partial charge in [0.15, 0.2) is 0 Å². The van der Waals surface area contributed by atoms with Crippen molar-refractivity contribution in [1.29, 1.82) is 5.26 Å². The molecule has 0 aliphatic carbocycles. The van der Waals surface area contributed by atoms with E-state index in [9.17, 15) is 0 Å². The van der Waals surface area contributed by atoms with Gasteiger partial charge in [0.05, 0.1) is 12.3 Å². The Balaban J connectivity index is 3.13. The Morgan fingerprint density at radius 3 is 2.55 bits per heavy atom. The van der Waals surface area contributed by atoms with Gasteiger partial charge in [0.25, 0.3) is 0 Å². The minimum Gasteiger partial charge on any atom is -0.467 e. The molecule has 1 aromatic rings. The van der Waals surface area contributed by atoms with Crippen molar-refractivity contribution in [2.24, 2.45) is 0 Å². The van der Waals surface area contributed by atoms with Crippen LogP contribution >= 0.6 is 0 Å². The molecule has 1 aromatic heterocycles. The van der Waals surface area contributed by atoms with Crippen LogP contribution in [0.5, 0.6) is 0 Å². The quantitative estimate of drug-likeness (QED) is 0.614. The molecule has 2 heteroatoms. The summed E-state index contributed by atoms with van der Waals surface area (Å²) in [5, 5.41) is 8.78. The zero-order valence-corrected chi connectivity index (χ0v) is 7.01. The average Bonchev–Trinajstić information content (AvgIpc) is 2.36. The van der Waals surface area contributed by atoms with Crippen LogP contribution in [0.3, 0.4) is 0 Å². The van der Waals surface area contributed by atoms with Crippen molar-refractivity contribution >= 4 is 0 Å². The average molecular weight is 149 g/mol. The van der Waals surface area contributed by atoms with Crippen LogP contribution in [0.2, 0.25) is 0 Å².